The fraction of sp³-hybridized carbons (Fsp3) is 0.529. The van der Waals surface area contributed by atoms with Gasteiger partial charge in [0.15, 0.2) is 0 Å². The van der Waals surface area contributed by atoms with Crippen molar-refractivity contribution in [3.8, 4) is 0 Å². The quantitative estimate of drug-likeness (QED) is 0.885. The average Bonchev–Trinajstić information content (AvgIpc) is 2.94. The van der Waals surface area contributed by atoms with Crippen LogP contribution >= 0.6 is 0 Å². The van der Waals surface area contributed by atoms with Crippen molar-refractivity contribution in [2.75, 3.05) is 37.6 Å². The summed E-state index contributed by atoms with van der Waals surface area (Å²) in [4.78, 5) is 28.6. The zero-order chi connectivity index (χ0) is 18.0. The minimum Gasteiger partial charge on any atom is -0.465 e. The van der Waals surface area contributed by atoms with Crippen molar-refractivity contribution in [2.45, 2.75) is 25.3 Å². The normalized spacial score (nSPS) is 21.4. The van der Waals surface area contributed by atoms with Crippen LogP contribution in [-0.4, -0.2) is 65.7 Å². The number of benzene rings is 1. The Hall–Kier alpha value is -2.38. The highest BCUT2D eigenvalue weighted by molar-refractivity contribution is 5.86. The predicted molar refractivity (Wildman–Crippen MR) is 87.5 cm³/mol. The standard InChI is InChI=1S/C17H21F2N3O3/c18-12-4-5-14(13(19)11-12)20-6-2-7-21(10-9-20)16(23)15-3-1-8-22(15)17(24)25/h4-5,11,15H,1-3,6-10H2,(H,24,25). The number of rotatable bonds is 2. The van der Waals surface area contributed by atoms with Crippen LogP contribution in [0.25, 0.3) is 0 Å². The van der Waals surface area contributed by atoms with Gasteiger partial charge in [0.05, 0.1) is 5.69 Å². The highest BCUT2D eigenvalue weighted by Crippen LogP contribution is 2.23. The van der Waals surface area contributed by atoms with Crippen molar-refractivity contribution in [3.05, 3.63) is 29.8 Å². The topological polar surface area (TPSA) is 64.1 Å². The number of hydrogen-bond donors (Lipinski definition) is 1. The van der Waals surface area contributed by atoms with Crippen LogP contribution in [0.5, 0.6) is 0 Å². The second-order valence-electron chi connectivity index (χ2n) is 6.40. The third-order valence-corrected chi connectivity index (χ3v) is 4.84. The number of likely N-dealkylation sites (tertiary alicyclic amines) is 1. The van der Waals surface area contributed by atoms with Crippen molar-refractivity contribution >= 4 is 17.7 Å². The summed E-state index contributed by atoms with van der Waals surface area (Å²) in [6.07, 6.45) is 0.796. The summed E-state index contributed by atoms with van der Waals surface area (Å²) in [5.74, 6) is -1.42. The monoisotopic (exact) mass is 353 g/mol. The van der Waals surface area contributed by atoms with Crippen molar-refractivity contribution in [2.24, 2.45) is 0 Å². The summed E-state index contributed by atoms with van der Waals surface area (Å²) in [6, 6.07) is 2.86. The number of nitrogens with zero attached hydrogens (tertiary/aromatic N) is 3. The van der Waals surface area contributed by atoms with Crippen LogP contribution in [-0.2, 0) is 4.79 Å². The van der Waals surface area contributed by atoms with Crippen LogP contribution in [0.2, 0.25) is 0 Å². The van der Waals surface area contributed by atoms with E-state index in [0.29, 0.717) is 57.7 Å². The first-order valence-electron chi connectivity index (χ1n) is 8.45. The van der Waals surface area contributed by atoms with Crippen molar-refractivity contribution < 1.29 is 23.5 Å². The summed E-state index contributed by atoms with van der Waals surface area (Å²) in [7, 11) is 0. The summed E-state index contributed by atoms with van der Waals surface area (Å²) in [6.45, 7) is 2.25. The molecule has 1 aromatic carbocycles. The second kappa shape index (κ2) is 7.25. The van der Waals surface area contributed by atoms with Crippen LogP contribution in [0.15, 0.2) is 18.2 Å². The smallest absolute Gasteiger partial charge is 0.407 e. The molecular weight excluding hydrogens is 332 g/mol. The Morgan fingerprint density at radius 3 is 2.56 bits per heavy atom. The molecule has 2 saturated heterocycles. The molecule has 0 radical (unpaired) electrons. The Bertz CT molecular complexity index is 671. The lowest BCUT2D eigenvalue weighted by Crippen LogP contribution is -2.48. The van der Waals surface area contributed by atoms with Crippen LogP contribution < -0.4 is 4.90 Å². The molecule has 25 heavy (non-hydrogen) atoms. The Morgan fingerprint density at radius 1 is 1.04 bits per heavy atom. The Morgan fingerprint density at radius 2 is 1.84 bits per heavy atom. The van der Waals surface area contributed by atoms with E-state index in [1.165, 1.54) is 17.0 Å². The van der Waals surface area contributed by atoms with E-state index < -0.39 is 23.8 Å². The van der Waals surface area contributed by atoms with Gasteiger partial charge in [0.2, 0.25) is 5.91 Å². The van der Waals surface area contributed by atoms with Crippen molar-refractivity contribution in [3.63, 3.8) is 0 Å². The molecule has 1 unspecified atom stereocenters. The van der Waals surface area contributed by atoms with E-state index in [1.54, 1.807) is 9.80 Å². The van der Waals surface area contributed by atoms with E-state index in [4.69, 9.17) is 0 Å². The van der Waals surface area contributed by atoms with Gasteiger partial charge < -0.3 is 14.9 Å². The third-order valence-electron chi connectivity index (χ3n) is 4.84. The fourth-order valence-corrected chi connectivity index (χ4v) is 3.58. The molecule has 0 aliphatic carbocycles. The Balaban J connectivity index is 1.67. The number of amides is 2. The maximum Gasteiger partial charge on any atom is 0.407 e. The number of halogens is 2. The molecule has 2 fully saturated rings. The number of anilines is 1. The number of carboxylic acid groups (broad SMARTS) is 1. The zero-order valence-electron chi connectivity index (χ0n) is 13.8. The number of carbonyl (C=O) groups is 2. The minimum atomic E-state index is -1.07. The Labute approximate surface area is 144 Å². The summed E-state index contributed by atoms with van der Waals surface area (Å²) in [5.41, 5.74) is 0.323. The van der Waals surface area contributed by atoms with E-state index >= 15 is 0 Å². The molecule has 8 heteroatoms. The molecule has 2 heterocycles. The predicted octanol–water partition coefficient (Wildman–Crippen LogP) is 2.15. The lowest BCUT2D eigenvalue weighted by atomic mass is 10.2. The maximum atomic E-state index is 14.0. The van der Waals surface area contributed by atoms with Gasteiger partial charge in [-0.15, -0.1) is 0 Å². The molecule has 1 aromatic rings. The van der Waals surface area contributed by atoms with E-state index in [2.05, 4.69) is 0 Å². The summed E-state index contributed by atoms with van der Waals surface area (Å²) in [5, 5.41) is 9.20. The molecule has 136 valence electrons. The molecule has 6 nitrogen and oxygen atoms in total. The third kappa shape index (κ3) is 3.67. The molecule has 3 rings (SSSR count). The molecule has 1 N–H and O–H groups in total. The van der Waals surface area contributed by atoms with E-state index in [1.807, 2.05) is 0 Å². The van der Waals surface area contributed by atoms with Crippen molar-refractivity contribution in [1.82, 2.24) is 9.80 Å². The van der Waals surface area contributed by atoms with Gasteiger partial charge in [-0.2, -0.15) is 0 Å². The first-order chi connectivity index (χ1) is 12.0. The SMILES string of the molecule is O=C(C1CCCN1C(=O)O)N1CCCN(c2ccc(F)cc2F)CC1. The van der Waals surface area contributed by atoms with Gasteiger partial charge in [-0.3, -0.25) is 9.69 Å². The molecule has 0 spiro atoms. The first kappa shape index (κ1) is 17.4. The van der Waals surface area contributed by atoms with E-state index in [9.17, 15) is 23.5 Å². The molecule has 2 amide bonds. The largest absolute Gasteiger partial charge is 0.465 e. The minimum absolute atomic E-state index is 0.179. The Kier molecular flexibility index (Phi) is 5.06. The van der Waals surface area contributed by atoms with Crippen LogP contribution in [0.4, 0.5) is 19.3 Å². The molecule has 2 aliphatic rings. The van der Waals surface area contributed by atoms with Gasteiger partial charge in [-0.1, -0.05) is 0 Å². The van der Waals surface area contributed by atoms with Crippen LogP contribution in [0.1, 0.15) is 19.3 Å². The van der Waals surface area contributed by atoms with Gasteiger partial charge in [0, 0.05) is 38.8 Å². The summed E-state index contributed by atoms with van der Waals surface area (Å²) < 4.78 is 27.0. The highest BCUT2D eigenvalue weighted by atomic mass is 19.1. The van der Waals surface area contributed by atoms with Crippen LogP contribution in [0.3, 0.4) is 0 Å². The van der Waals surface area contributed by atoms with Gasteiger partial charge >= 0.3 is 6.09 Å². The average molecular weight is 353 g/mol. The van der Waals surface area contributed by atoms with E-state index in [-0.39, 0.29) is 5.91 Å². The molecule has 0 saturated carbocycles. The number of carbonyl (C=O) groups excluding carboxylic acids is 1. The van der Waals surface area contributed by atoms with Crippen LogP contribution in [0, 0.1) is 11.6 Å². The number of hydrogen-bond acceptors (Lipinski definition) is 3. The first-order valence-corrected chi connectivity index (χ1v) is 8.45. The second-order valence-corrected chi connectivity index (χ2v) is 6.40. The lowest BCUT2D eigenvalue weighted by Gasteiger charge is -2.28. The molecule has 0 bridgehead atoms. The van der Waals surface area contributed by atoms with Gasteiger partial charge in [-0.25, -0.2) is 13.6 Å². The lowest BCUT2D eigenvalue weighted by molar-refractivity contribution is -0.135. The molecule has 1 atom stereocenters. The highest BCUT2D eigenvalue weighted by Gasteiger charge is 2.37. The zero-order valence-corrected chi connectivity index (χ0v) is 13.8. The molecule has 0 aromatic heterocycles. The fourth-order valence-electron chi connectivity index (χ4n) is 3.58. The summed E-state index contributed by atoms with van der Waals surface area (Å²) >= 11 is 0. The van der Waals surface area contributed by atoms with E-state index in [0.717, 1.165) is 6.07 Å². The van der Waals surface area contributed by atoms with Gasteiger partial charge in [0.1, 0.15) is 17.7 Å². The molecular formula is C17H21F2N3O3. The van der Waals surface area contributed by atoms with Gasteiger partial charge in [0.25, 0.3) is 0 Å². The molecule has 2 aliphatic heterocycles. The van der Waals surface area contributed by atoms with Crippen molar-refractivity contribution in [1.29, 1.82) is 0 Å². The van der Waals surface area contributed by atoms with Gasteiger partial charge in [-0.05, 0) is 31.4 Å². The maximum absolute atomic E-state index is 14.0.